The number of benzene rings is 1. The molecule has 0 bridgehead atoms. The van der Waals surface area contributed by atoms with Gasteiger partial charge in [-0.25, -0.2) is 0 Å². The van der Waals surface area contributed by atoms with Crippen LogP contribution in [0.2, 0.25) is 0 Å². The Kier molecular flexibility index (Phi) is 4.54. The second-order valence-electron chi connectivity index (χ2n) is 6.27. The van der Waals surface area contributed by atoms with Crippen LogP contribution in [0, 0.1) is 0 Å². The molecule has 0 aliphatic carbocycles. The zero-order valence-corrected chi connectivity index (χ0v) is 13.5. The first-order valence-electron chi connectivity index (χ1n) is 6.81. The van der Waals surface area contributed by atoms with Crippen molar-refractivity contribution >= 4 is 21.6 Å². The highest BCUT2D eigenvalue weighted by atomic mass is 79.9. The Morgan fingerprint density at radius 1 is 1.42 bits per heavy atom. The predicted octanol–water partition coefficient (Wildman–Crippen LogP) is 2.91. The summed E-state index contributed by atoms with van der Waals surface area (Å²) in [5.41, 5.74) is 2.61. The van der Waals surface area contributed by atoms with Gasteiger partial charge < -0.3 is 15.3 Å². The summed E-state index contributed by atoms with van der Waals surface area (Å²) in [4.78, 5) is 2.27. The number of aliphatic hydroxyl groups is 1. The second kappa shape index (κ2) is 5.81. The molecule has 1 aromatic rings. The monoisotopic (exact) mass is 326 g/mol. The molecule has 1 aliphatic heterocycles. The molecule has 1 aromatic carbocycles. The van der Waals surface area contributed by atoms with Gasteiger partial charge in [0, 0.05) is 35.3 Å². The van der Waals surface area contributed by atoms with Crippen LogP contribution in [0.1, 0.15) is 32.8 Å². The van der Waals surface area contributed by atoms with Gasteiger partial charge in [0.05, 0.1) is 6.10 Å². The molecular formula is C15H23BrN2O. The molecule has 19 heavy (non-hydrogen) atoms. The number of hydrogen-bond acceptors (Lipinski definition) is 3. The van der Waals surface area contributed by atoms with Crippen molar-refractivity contribution in [1.29, 1.82) is 0 Å². The fourth-order valence-electron chi connectivity index (χ4n) is 2.33. The number of nitrogens with zero attached hydrogens (tertiary/aromatic N) is 1. The van der Waals surface area contributed by atoms with Crippen LogP contribution in [0.4, 0.5) is 5.69 Å². The van der Waals surface area contributed by atoms with Crippen molar-refractivity contribution in [3.05, 3.63) is 28.2 Å². The summed E-state index contributed by atoms with van der Waals surface area (Å²) in [5, 5.41) is 13.2. The summed E-state index contributed by atoms with van der Waals surface area (Å²) in [6, 6.07) is 6.38. The van der Waals surface area contributed by atoms with Crippen LogP contribution in [0.25, 0.3) is 0 Å². The molecule has 0 amide bonds. The number of anilines is 1. The zero-order chi connectivity index (χ0) is 14.0. The maximum atomic E-state index is 9.70. The van der Waals surface area contributed by atoms with E-state index in [0.29, 0.717) is 0 Å². The molecular weight excluding hydrogens is 304 g/mol. The Morgan fingerprint density at radius 3 is 2.74 bits per heavy atom. The lowest BCUT2D eigenvalue weighted by Crippen LogP contribution is -2.35. The Morgan fingerprint density at radius 2 is 2.16 bits per heavy atom. The van der Waals surface area contributed by atoms with E-state index in [0.717, 1.165) is 30.5 Å². The van der Waals surface area contributed by atoms with Crippen LogP contribution in [0.15, 0.2) is 22.7 Å². The number of β-amino-alcohol motifs (C(OH)–C–C–N with tert-alkyl or cyclic N) is 1. The smallest absolute Gasteiger partial charge is 0.0731 e. The number of rotatable bonds is 3. The number of aliphatic hydroxyl groups excluding tert-OH is 1. The van der Waals surface area contributed by atoms with Crippen molar-refractivity contribution in [2.24, 2.45) is 0 Å². The predicted molar refractivity (Wildman–Crippen MR) is 83.6 cm³/mol. The quantitative estimate of drug-likeness (QED) is 0.896. The average molecular weight is 327 g/mol. The van der Waals surface area contributed by atoms with Gasteiger partial charge >= 0.3 is 0 Å². The van der Waals surface area contributed by atoms with Crippen LogP contribution in [0.5, 0.6) is 0 Å². The molecule has 1 atom stereocenters. The van der Waals surface area contributed by atoms with E-state index in [1.165, 1.54) is 11.3 Å². The van der Waals surface area contributed by atoms with E-state index in [1.807, 2.05) is 0 Å². The first-order chi connectivity index (χ1) is 8.85. The van der Waals surface area contributed by atoms with Crippen molar-refractivity contribution in [2.75, 3.05) is 18.0 Å². The van der Waals surface area contributed by atoms with E-state index in [-0.39, 0.29) is 11.6 Å². The minimum Gasteiger partial charge on any atom is -0.391 e. The Bertz CT molecular complexity index is 442. The van der Waals surface area contributed by atoms with Crippen LogP contribution < -0.4 is 10.2 Å². The Balaban J connectivity index is 2.18. The van der Waals surface area contributed by atoms with Crippen molar-refractivity contribution in [3.8, 4) is 0 Å². The first kappa shape index (κ1) is 14.8. The third-order valence-electron chi connectivity index (χ3n) is 3.35. The van der Waals surface area contributed by atoms with Crippen molar-refractivity contribution in [1.82, 2.24) is 5.32 Å². The standard InChI is InChI=1S/C15H23BrN2O/c1-15(2,3)17-9-11-8-12(16)4-5-14(11)18-7-6-13(19)10-18/h4-5,8,13,17,19H,6-7,9-10H2,1-3H3. The van der Waals surface area contributed by atoms with Gasteiger partial charge in [-0.05, 0) is 51.0 Å². The van der Waals surface area contributed by atoms with Gasteiger partial charge in [0.1, 0.15) is 0 Å². The Hall–Kier alpha value is -0.580. The molecule has 0 radical (unpaired) electrons. The summed E-state index contributed by atoms with van der Waals surface area (Å²) in [6.45, 7) is 9.03. The third-order valence-corrected chi connectivity index (χ3v) is 3.85. The first-order valence-corrected chi connectivity index (χ1v) is 7.61. The van der Waals surface area contributed by atoms with Crippen molar-refractivity contribution < 1.29 is 5.11 Å². The molecule has 1 aliphatic rings. The highest BCUT2D eigenvalue weighted by Gasteiger charge is 2.22. The highest BCUT2D eigenvalue weighted by Crippen LogP contribution is 2.28. The normalized spacial score (nSPS) is 20.1. The van der Waals surface area contributed by atoms with E-state index in [4.69, 9.17) is 0 Å². The summed E-state index contributed by atoms with van der Waals surface area (Å²) in [6.07, 6.45) is 0.675. The van der Waals surface area contributed by atoms with Gasteiger partial charge in [-0.15, -0.1) is 0 Å². The molecule has 3 nitrogen and oxygen atoms in total. The summed E-state index contributed by atoms with van der Waals surface area (Å²) in [5.74, 6) is 0. The van der Waals surface area contributed by atoms with E-state index < -0.39 is 0 Å². The van der Waals surface area contributed by atoms with Gasteiger partial charge in [0.15, 0.2) is 0 Å². The molecule has 106 valence electrons. The molecule has 1 heterocycles. The lowest BCUT2D eigenvalue weighted by atomic mass is 10.1. The van der Waals surface area contributed by atoms with Gasteiger partial charge in [-0.3, -0.25) is 0 Å². The SMILES string of the molecule is CC(C)(C)NCc1cc(Br)ccc1N1CCC(O)C1. The molecule has 0 aromatic heterocycles. The molecule has 1 saturated heterocycles. The molecule has 4 heteroatoms. The van der Waals surface area contributed by atoms with Crippen LogP contribution in [-0.2, 0) is 6.54 Å². The number of nitrogens with one attached hydrogen (secondary N) is 1. The summed E-state index contributed by atoms with van der Waals surface area (Å²) in [7, 11) is 0. The molecule has 2 N–H and O–H groups in total. The van der Waals surface area contributed by atoms with Crippen LogP contribution in [0.3, 0.4) is 0 Å². The van der Waals surface area contributed by atoms with Crippen LogP contribution in [-0.4, -0.2) is 29.8 Å². The fraction of sp³-hybridized carbons (Fsp3) is 0.600. The number of hydrogen-bond donors (Lipinski definition) is 2. The molecule has 1 unspecified atom stereocenters. The highest BCUT2D eigenvalue weighted by molar-refractivity contribution is 9.10. The molecule has 0 spiro atoms. The lowest BCUT2D eigenvalue weighted by molar-refractivity contribution is 0.198. The summed E-state index contributed by atoms with van der Waals surface area (Å²) >= 11 is 3.54. The minimum atomic E-state index is -0.188. The summed E-state index contributed by atoms with van der Waals surface area (Å²) < 4.78 is 1.10. The minimum absolute atomic E-state index is 0.101. The zero-order valence-electron chi connectivity index (χ0n) is 11.9. The van der Waals surface area contributed by atoms with Gasteiger partial charge in [0.25, 0.3) is 0 Å². The average Bonchev–Trinajstić information content (AvgIpc) is 2.72. The van der Waals surface area contributed by atoms with Crippen LogP contribution >= 0.6 is 15.9 Å². The van der Waals surface area contributed by atoms with Gasteiger partial charge in [0.2, 0.25) is 0 Å². The van der Waals surface area contributed by atoms with Gasteiger partial charge in [-0.2, -0.15) is 0 Å². The second-order valence-corrected chi connectivity index (χ2v) is 7.18. The molecule has 0 saturated carbocycles. The fourth-order valence-corrected chi connectivity index (χ4v) is 2.73. The lowest BCUT2D eigenvalue weighted by Gasteiger charge is -2.25. The Labute approximate surface area is 124 Å². The maximum absolute atomic E-state index is 9.70. The van der Waals surface area contributed by atoms with E-state index in [2.05, 4.69) is 65.1 Å². The third kappa shape index (κ3) is 4.20. The maximum Gasteiger partial charge on any atom is 0.0731 e. The van der Waals surface area contributed by atoms with E-state index >= 15 is 0 Å². The molecule has 2 rings (SSSR count). The van der Waals surface area contributed by atoms with Crippen molar-refractivity contribution in [3.63, 3.8) is 0 Å². The van der Waals surface area contributed by atoms with Gasteiger partial charge in [-0.1, -0.05) is 15.9 Å². The topological polar surface area (TPSA) is 35.5 Å². The largest absolute Gasteiger partial charge is 0.391 e. The van der Waals surface area contributed by atoms with E-state index in [9.17, 15) is 5.11 Å². The van der Waals surface area contributed by atoms with Crippen molar-refractivity contribution in [2.45, 2.75) is 45.4 Å². The molecule has 1 fully saturated rings. The number of halogens is 1. The van der Waals surface area contributed by atoms with E-state index in [1.54, 1.807) is 0 Å².